The molecule has 0 aliphatic rings. The predicted octanol–water partition coefficient (Wildman–Crippen LogP) is 7.47. The van der Waals surface area contributed by atoms with E-state index < -0.39 is 0 Å². The fourth-order valence-electron chi connectivity index (χ4n) is 2.23. The van der Waals surface area contributed by atoms with Crippen LogP contribution in [-0.4, -0.2) is 6.29 Å². The molecule has 0 heterocycles. The molecule has 0 saturated carbocycles. The summed E-state index contributed by atoms with van der Waals surface area (Å²) in [7, 11) is 0. The van der Waals surface area contributed by atoms with Gasteiger partial charge in [-0.2, -0.15) is 0 Å². The zero-order valence-electron chi connectivity index (χ0n) is 16.5. The smallest absolute Gasteiger partial charge is 0.150 e. The van der Waals surface area contributed by atoms with Crippen LogP contribution in [0.4, 0.5) is 0 Å². The largest absolute Gasteiger partial charge is 0.457 e. The zero-order chi connectivity index (χ0) is 18.9. The second kappa shape index (κ2) is 15.4. The lowest BCUT2D eigenvalue weighted by atomic mass is 10.1. The Morgan fingerprint density at radius 1 is 0.760 bits per heavy atom. The number of hydrogen-bond donors (Lipinski definition) is 0. The molecule has 0 aliphatic heterocycles. The van der Waals surface area contributed by atoms with Gasteiger partial charge in [-0.05, 0) is 54.8 Å². The normalized spacial score (nSPS) is 9.16. The molecule has 0 aromatic heterocycles. The fourth-order valence-corrected chi connectivity index (χ4v) is 2.23. The third-order valence-electron chi connectivity index (χ3n) is 3.49. The predicted molar refractivity (Wildman–Crippen MR) is 109 cm³/mol. The number of hydrogen-bond acceptors (Lipinski definition) is 2. The molecule has 0 fully saturated rings. The van der Waals surface area contributed by atoms with Gasteiger partial charge in [0.1, 0.15) is 17.8 Å². The number of rotatable bonds is 8. The van der Waals surface area contributed by atoms with Gasteiger partial charge in [0.05, 0.1) is 0 Å². The Morgan fingerprint density at radius 2 is 1.28 bits per heavy atom. The van der Waals surface area contributed by atoms with Gasteiger partial charge in [-0.3, -0.25) is 4.79 Å². The fraction of sp³-hybridized carbons (Fsp3) is 0.435. The van der Waals surface area contributed by atoms with Crippen LogP contribution in [-0.2, 0) is 6.42 Å². The third kappa shape index (κ3) is 9.71. The van der Waals surface area contributed by atoms with Crippen molar-refractivity contribution in [1.29, 1.82) is 0 Å². The summed E-state index contributed by atoms with van der Waals surface area (Å²) in [6.45, 7) is 10.2. The van der Waals surface area contributed by atoms with E-state index >= 15 is 0 Å². The molecular weight excluding hydrogens is 308 g/mol. The highest BCUT2D eigenvalue weighted by atomic mass is 16.5. The Labute approximate surface area is 154 Å². The molecular formula is C23H34O2. The molecule has 2 nitrogen and oxygen atoms in total. The van der Waals surface area contributed by atoms with E-state index in [1.807, 2.05) is 52.0 Å². The molecule has 0 aliphatic carbocycles. The van der Waals surface area contributed by atoms with Gasteiger partial charge in [0.2, 0.25) is 0 Å². The molecule has 0 spiro atoms. The number of carbonyl (C=O) groups is 1. The average Bonchev–Trinajstić information content (AvgIpc) is 2.70. The van der Waals surface area contributed by atoms with Crippen molar-refractivity contribution in [3.8, 4) is 11.5 Å². The first-order valence-corrected chi connectivity index (χ1v) is 9.64. The van der Waals surface area contributed by atoms with Crippen LogP contribution in [0.15, 0.2) is 48.5 Å². The molecule has 2 rings (SSSR count). The van der Waals surface area contributed by atoms with Crippen LogP contribution in [0.2, 0.25) is 0 Å². The Morgan fingerprint density at radius 3 is 1.76 bits per heavy atom. The van der Waals surface area contributed by atoms with Gasteiger partial charge in [0.15, 0.2) is 0 Å². The van der Waals surface area contributed by atoms with Crippen molar-refractivity contribution in [3.05, 3.63) is 59.7 Å². The molecule has 138 valence electrons. The number of unbranched alkanes of at least 4 members (excludes halogenated alkanes) is 3. The number of ether oxygens (including phenoxy) is 1. The quantitative estimate of drug-likeness (QED) is 0.367. The van der Waals surface area contributed by atoms with E-state index in [2.05, 4.69) is 19.1 Å². The molecule has 2 aromatic rings. The second-order valence-corrected chi connectivity index (χ2v) is 5.24. The maximum absolute atomic E-state index is 10.6. The van der Waals surface area contributed by atoms with E-state index in [0.29, 0.717) is 5.56 Å². The molecule has 0 radical (unpaired) electrons. The third-order valence-corrected chi connectivity index (χ3v) is 3.49. The van der Waals surface area contributed by atoms with Gasteiger partial charge in [-0.15, -0.1) is 0 Å². The minimum atomic E-state index is 0.657. The van der Waals surface area contributed by atoms with Crippen molar-refractivity contribution in [2.75, 3.05) is 0 Å². The van der Waals surface area contributed by atoms with Gasteiger partial charge < -0.3 is 4.74 Å². The van der Waals surface area contributed by atoms with Crippen molar-refractivity contribution in [3.63, 3.8) is 0 Å². The lowest BCUT2D eigenvalue weighted by Gasteiger charge is -2.07. The Bertz CT molecular complexity index is 541. The highest BCUT2D eigenvalue weighted by Gasteiger charge is 1.99. The summed E-state index contributed by atoms with van der Waals surface area (Å²) >= 11 is 0. The van der Waals surface area contributed by atoms with E-state index in [0.717, 1.165) is 24.2 Å². The molecule has 2 heteroatoms. The first kappa shape index (κ1) is 22.9. The molecule has 0 atom stereocenters. The summed E-state index contributed by atoms with van der Waals surface area (Å²) in [5.74, 6) is 1.57. The van der Waals surface area contributed by atoms with Crippen LogP contribution in [0.5, 0.6) is 11.5 Å². The topological polar surface area (TPSA) is 26.3 Å². The van der Waals surface area contributed by atoms with E-state index in [-0.39, 0.29) is 0 Å². The molecule has 0 bridgehead atoms. The standard InChI is InChI=1S/C19H22O2.2C2H6/c1-2-3-4-5-6-16-7-11-18(12-8-16)21-19-13-9-17(15-20)10-14-19;2*1-2/h7-15H,2-6H2,1H3;2*1-2H3. The maximum atomic E-state index is 10.6. The SMILES string of the molecule is CC.CC.CCCCCCc1ccc(Oc2ccc(C=O)cc2)cc1. The number of carbonyl (C=O) groups excluding carboxylic acids is 1. The number of benzene rings is 2. The van der Waals surface area contributed by atoms with E-state index in [9.17, 15) is 4.79 Å². The second-order valence-electron chi connectivity index (χ2n) is 5.24. The summed E-state index contributed by atoms with van der Waals surface area (Å²) < 4.78 is 5.76. The molecule has 0 unspecified atom stereocenters. The lowest BCUT2D eigenvalue weighted by Crippen LogP contribution is -1.88. The maximum Gasteiger partial charge on any atom is 0.150 e. The van der Waals surface area contributed by atoms with Crippen molar-refractivity contribution in [2.24, 2.45) is 0 Å². The zero-order valence-corrected chi connectivity index (χ0v) is 16.5. The molecule has 0 N–H and O–H groups in total. The van der Waals surface area contributed by atoms with Crippen LogP contribution >= 0.6 is 0 Å². The van der Waals surface area contributed by atoms with E-state index in [1.54, 1.807) is 12.1 Å². The van der Waals surface area contributed by atoms with Gasteiger partial charge in [0, 0.05) is 5.56 Å². The molecule has 0 saturated heterocycles. The lowest BCUT2D eigenvalue weighted by molar-refractivity contribution is 0.112. The van der Waals surface area contributed by atoms with Crippen LogP contribution in [0.1, 0.15) is 76.2 Å². The Hall–Kier alpha value is -2.09. The minimum Gasteiger partial charge on any atom is -0.457 e. The monoisotopic (exact) mass is 342 g/mol. The van der Waals surface area contributed by atoms with Gasteiger partial charge in [-0.1, -0.05) is 66.0 Å². The Kier molecular flexibility index (Phi) is 14.1. The average molecular weight is 343 g/mol. The Balaban J connectivity index is 0.00000134. The van der Waals surface area contributed by atoms with Crippen LogP contribution in [0.3, 0.4) is 0 Å². The van der Waals surface area contributed by atoms with Gasteiger partial charge in [0.25, 0.3) is 0 Å². The van der Waals surface area contributed by atoms with Crippen molar-refractivity contribution >= 4 is 6.29 Å². The summed E-state index contributed by atoms with van der Waals surface area (Å²) in [4.78, 5) is 10.6. The van der Waals surface area contributed by atoms with Crippen LogP contribution in [0.25, 0.3) is 0 Å². The summed E-state index contributed by atoms with van der Waals surface area (Å²) in [6.07, 6.45) is 7.11. The minimum absolute atomic E-state index is 0.657. The van der Waals surface area contributed by atoms with Crippen LogP contribution in [0, 0.1) is 0 Å². The highest BCUT2D eigenvalue weighted by molar-refractivity contribution is 5.74. The first-order chi connectivity index (χ1) is 12.3. The van der Waals surface area contributed by atoms with E-state index in [4.69, 9.17) is 4.74 Å². The summed E-state index contributed by atoms with van der Waals surface area (Å²) in [5, 5.41) is 0. The van der Waals surface area contributed by atoms with Crippen molar-refractivity contribution in [2.45, 2.75) is 66.7 Å². The molecule has 0 amide bonds. The summed E-state index contributed by atoms with van der Waals surface area (Å²) in [5.41, 5.74) is 2.01. The van der Waals surface area contributed by atoms with Gasteiger partial charge >= 0.3 is 0 Å². The first-order valence-electron chi connectivity index (χ1n) is 9.64. The van der Waals surface area contributed by atoms with Crippen LogP contribution < -0.4 is 4.74 Å². The van der Waals surface area contributed by atoms with Crippen molar-refractivity contribution in [1.82, 2.24) is 0 Å². The number of aldehydes is 1. The number of aryl methyl sites for hydroxylation is 1. The molecule has 2 aromatic carbocycles. The summed E-state index contributed by atoms with van der Waals surface area (Å²) in [6, 6.07) is 15.4. The highest BCUT2D eigenvalue weighted by Crippen LogP contribution is 2.22. The van der Waals surface area contributed by atoms with Gasteiger partial charge in [-0.25, -0.2) is 0 Å². The molecule has 25 heavy (non-hydrogen) atoms. The van der Waals surface area contributed by atoms with Crippen molar-refractivity contribution < 1.29 is 9.53 Å². The van der Waals surface area contributed by atoms with E-state index in [1.165, 1.54) is 31.2 Å².